The Hall–Kier alpha value is 0.0769. The number of rotatable bonds is 41. The number of hydrogen-bond acceptors (Lipinski definition) is 6. The summed E-state index contributed by atoms with van der Waals surface area (Å²) in [7, 11) is -0.713. The van der Waals surface area contributed by atoms with Crippen molar-refractivity contribution in [2.45, 2.75) is 232 Å². The molecule has 0 heterocycles. The molecule has 0 saturated heterocycles. The van der Waals surface area contributed by atoms with Gasteiger partial charge in [0.15, 0.2) is 5.12 Å². The molecule has 0 fully saturated rings. The Bertz CT molecular complexity index is 665. The minimum atomic E-state index is -2.76. The Balaban J connectivity index is 4.00. The molecule has 1 N–H and O–H groups in total. The van der Waals surface area contributed by atoms with Gasteiger partial charge < -0.3 is 18.6 Å². The van der Waals surface area contributed by atoms with Gasteiger partial charge in [0.25, 0.3) is 0 Å². The summed E-state index contributed by atoms with van der Waals surface area (Å²) in [6, 6.07) is 1.10. The highest BCUT2D eigenvalue weighted by Crippen LogP contribution is 2.23. The zero-order chi connectivity index (χ0) is 35.9. The fourth-order valence-corrected chi connectivity index (χ4v) is 10.4. The highest BCUT2D eigenvalue weighted by atomic mass is 32.2. The van der Waals surface area contributed by atoms with Gasteiger partial charge in [0, 0.05) is 37.5 Å². The van der Waals surface area contributed by atoms with Crippen molar-refractivity contribution in [3.63, 3.8) is 0 Å². The summed E-state index contributed by atoms with van der Waals surface area (Å²) < 4.78 is 19.0. The molecule has 0 bridgehead atoms. The first-order chi connectivity index (χ1) is 24.1. The van der Waals surface area contributed by atoms with Gasteiger partial charge >= 0.3 is 8.80 Å². The minimum absolute atomic E-state index is 0.320. The average molecular weight is 730 g/mol. The number of carbonyl (C=O) groups is 1. The second kappa shape index (κ2) is 39.3. The Kier molecular flexibility index (Phi) is 39.3. The lowest BCUT2D eigenvalue weighted by molar-refractivity contribution is -0.111. The van der Waals surface area contributed by atoms with Crippen LogP contribution in [0, 0.1) is 0 Å². The number of unbranched alkanes of at least 4 members (excludes halogenated alkanes) is 25. The summed E-state index contributed by atoms with van der Waals surface area (Å²) in [6.45, 7) is 10.4. The molecule has 0 aliphatic carbocycles. The molecule has 0 radical (unpaired) electrons. The molecule has 1 atom stereocenters. The molecule has 0 aliphatic heterocycles. The Morgan fingerprint density at radius 1 is 0.531 bits per heavy atom. The summed E-state index contributed by atoms with van der Waals surface area (Å²) >= 11 is 1.49. The van der Waals surface area contributed by atoms with E-state index in [4.69, 9.17) is 13.3 Å². The average Bonchev–Trinajstić information content (AvgIpc) is 3.10. The number of nitrogens with one attached hydrogen (secondary N) is 1. The molecule has 0 amide bonds. The quantitative estimate of drug-likeness (QED) is 0.0499. The summed E-state index contributed by atoms with van der Waals surface area (Å²) in [5.41, 5.74) is 0. The van der Waals surface area contributed by atoms with Crippen molar-refractivity contribution in [3.8, 4) is 0 Å². The van der Waals surface area contributed by atoms with Gasteiger partial charge in [-0.15, -0.1) is 0 Å². The smallest absolute Gasteiger partial charge is 0.374 e. The maximum absolute atomic E-state index is 12.5. The molecule has 49 heavy (non-hydrogen) atoms. The van der Waals surface area contributed by atoms with E-state index in [0.717, 1.165) is 31.1 Å². The Morgan fingerprint density at radius 2 is 0.918 bits per heavy atom. The summed E-state index contributed by atoms with van der Waals surface area (Å²) in [6.07, 6.45) is 39.6. The molecule has 1 unspecified atom stereocenters. The maximum Gasteiger partial charge on any atom is 0.501 e. The first-order valence-corrected chi connectivity index (χ1v) is 24.7. The van der Waals surface area contributed by atoms with Gasteiger partial charge in [-0.1, -0.05) is 193 Å². The van der Waals surface area contributed by atoms with E-state index in [0.29, 0.717) is 37.4 Å². The van der Waals surface area contributed by atoms with Crippen molar-refractivity contribution in [1.29, 1.82) is 0 Å². The van der Waals surface area contributed by atoms with Crippen LogP contribution in [0.15, 0.2) is 0 Å². The van der Waals surface area contributed by atoms with Crippen LogP contribution in [0.25, 0.3) is 0 Å². The van der Waals surface area contributed by atoms with Crippen LogP contribution in [-0.2, 0) is 18.1 Å². The van der Waals surface area contributed by atoms with Crippen molar-refractivity contribution in [1.82, 2.24) is 5.32 Å². The van der Waals surface area contributed by atoms with Gasteiger partial charge in [-0.05, 0) is 40.2 Å². The van der Waals surface area contributed by atoms with Crippen LogP contribution in [0.3, 0.4) is 0 Å². The molecule has 5 nitrogen and oxygen atoms in total. The van der Waals surface area contributed by atoms with E-state index in [1.807, 2.05) is 20.9 Å². The molecular formula is C42H87NO4SSi. The molecule has 294 valence electrons. The Labute approximate surface area is 313 Å². The van der Waals surface area contributed by atoms with E-state index in [9.17, 15) is 4.79 Å². The monoisotopic (exact) mass is 730 g/mol. The van der Waals surface area contributed by atoms with Crippen molar-refractivity contribution >= 4 is 25.7 Å². The normalized spacial score (nSPS) is 12.6. The van der Waals surface area contributed by atoms with Crippen molar-refractivity contribution in [2.75, 3.05) is 32.6 Å². The van der Waals surface area contributed by atoms with E-state index >= 15 is 0 Å². The topological polar surface area (TPSA) is 56.8 Å². The van der Waals surface area contributed by atoms with Gasteiger partial charge in [0.05, 0.1) is 6.61 Å². The lowest BCUT2D eigenvalue weighted by atomic mass is 10.0. The highest BCUT2D eigenvalue weighted by Gasteiger charge is 2.40. The lowest BCUT2D eigenvalue weighted by Gasteiger charge is -2.30. The highest BCUT2D eigenvalue weighted by molar-refractivity contribution is 8.13. The van der Waals surface area contributed by atoms with Crippen LogP contribution in [-0.4, -0.2) is 52.6 Å². The molecule has 0 aromatic carbocycles. The molecule has 0 rings (SSSR count). The van der Waals surface area contributed by atoms with Crippen LogP contribution in [0.5, 0.6) is 0 Å². The first kappa shape index (κ1) is 49.1. The standard InChI is InChI=1S/C42H87NO4SSi/c1-6-10-12-14-16-18-19-20-21-22-23-24-25-26-28-29-31-33-36-41(43-5)40-47-49(45-8-3,46-9-4)39-35-38-48-42(44)37-34-32-30-27-17-15-13-11-7-2/h41,43H,6-40H2,1-5H3. The van der Waals surface area contributed by atoms with E-state index in [1.165, 1.54) is 179 Å². The number of thioether (sulfide) groups is 1. The minimum Gasteiger partial charge on any atom is -0.374 e. The molecule has 0 spiro atoms. The van der Waals surface area contributed by atoms with Crippen LogP contribution in [0.2, 0.25) is 6.04 Å². The maximum atomic E-state index is 12.5. The molecule has 7 heteroatoms. The van der Waals surface area contributed by atoms with Crippen LogP contribution >= 0.6 is 11.8 Å². The van der Waals surface area contributed by atoms with Crippen LogP contribution in [0.4, 0.5) is 0 Å². The van der Waals surface area contributed by atoms with Crippen LogP contribution < -0.4 is 5.32 Å². The van der Waals surface area contributed by atoms with E-state index in [2.05, 4.69) is 19.2 Å². The van der Waals surface area contributed by atoms with Crippen molar-refractivity contribution in [2.24, 2.45) is 0 Å². The second-order valence-corrected chi connectivity index (χ2v) is 18.4. The van der Waals surface area contributed by atoms with Gasteiger partial charge in [-0.25, -0.2) is 0 Å². The molecule has 0 aliphatic rings. The van der Waals surface area contributed by atoms with E-state index in [1.54, 1.807) is 0 Å². The number of hydrogen-bond donors (Lipinski definition) is 1. The zero-order valence-corrected chi connectivity index (χ0v) is 35.7. The fraction of sp³-hybridized carbons (Fsp3) is 0.976. The van der Waals surface area contributed by atoms with E-state index < -0.39 is 8.80 Å². The predicted octanol–water partition coefficient (Wildman–Crippen LogP) is 13.6. The fourth-order valence-electron chi connectivity index (χ4n) is 6.74. The number of carbonyl (C=O) groups excluding carboxylic acids is 1. The first-order valence-electron chi connectivity index (χ1n) is 21.8. The van der Waals surface area contributed by atoms with Gasteiger partial charge in [0.1, 0.15) is 0 Å². The second-order valence-electron chi connectivity index (χ2n) is 14.5. The van der Waals surface area contributed by atoms with E-state index in [-0.39, 0.29) is 0 Å². The SMILES string of the molecule is CCCCCCCCCCCCCCCCCCCCC(CO[Si](CCCSC(=O)CCCCCCCCCCC)(OCC)OCC)NC. The molecule has 0 aromatic heterocycles. The van der Waals surface area contributed by atoms with Crippen molar-refractivity contribution in [3.05, 3.63) is 0 Å². The summed E-state index contributed by atoms with van der Waals surface area (Å²) in [5, 5.41) is 3.82. The third-order valence-corrected chi connectivity index (χ3v) is 14.0. The summed E-state index contributed by atoms with van der Waals surface area (Å²) in [4.78, 5) is 12.5. The zero-order valence-electron chi connectivity index (χ0n) is 33.9. The van der Waals surface area contributed by atoms with Crippen LogP contribution in [0.1, 0.15) is 220 Å². The largest absolute Gasteiger partial charge is 0.501 e. The summed E-state index contributed by atoms with van der Waals surface area (Å²) in [5.74, 6) is 0.823. The van der Waals surface area contributed by atoms with Gasteiger partial charge in [-0.2, -0.15) is 0 Å². The predicted molar refractivity (Wildman–Crippen MR) is 220 cm³/mol. The third-order valence-electron chi connectivity index (χ3n) is 9.92. The van der Waals surface area contributed by atoms with Gasteiger partial charge in [0.2, 0.25) is 0 Å². The molecular weight excluding hydrogens is 643 g/mol. The Morgan fingerprint density at radius 3 is 1.31 bits per heavy atom. The molecule has 0 saturated carbocycles. The number of likely N-dealkylation sites (N-methyl/N-ethyl adjacent to an activating group) is 1. The molecule has 0 aromatic rings. The van der Waals surface area contributed by atoms with Gasteiger partial charge in [-0.3, -0.25) is 4.79 Å². The third kappa shape index (κ3) is 33.6. The van der Waals surface area contributed by atoms with Crippen molar-refractivity contribution < 1.29 is 18.1 Å². The lowest BCUT2D eigenvalue weighted by Crippen LogP contribution is -2.48.